The van der Waals surface area contributed by atoms with E-state index in [1.807, 2.05) is 29.8 Å². The lowest BCUT2D eigenvalue weighted by molar-refractivity contribution is 0.947. The van der Waals surface area contributed by atoms with Gasteiger partial charge in [0.05, 0.1) is 23.9 Å². The van der Waals surface area contributed by atoms with Gasteiger partial charge in [0.2, 0.25) is 0 Å². The van der Waals surface area contributed by atoms with E-state index in [-0.39, 0.29) is 0 Å². The molecule has 3 aromatic rings. The van der Waals surface area contributed by atoms with E-state index in [2.05, 4.69) is 20.3 Å². The second-order valence-corrected chi connectivity index (χ2v) is 4.31. The van der Waals surface area contributed by atoms with Crippen molar-refractivity contribution in [2.75, 3.05) is 11.1 Å². The van der Waals surface area contributed by atoms with E-state index in [4.69, 9.17) is 5.73 Å². The van der Waals surface area contributed by atoms with Crippen LogP contribution in [0.15, 0.2) is 36.8 Å². The summed E-state index contributed by atoms with van der Waals surface area (Å²) in [6, 6.07) is 7.71. The van der Waals surface area contributed by atoms with E-state index in [1.165, 1.54) is 0 Å². The maximum Gasteiger partial charge on any atom is 0.149 e. The Hall–Kier alpha value is -2.63. The first-order chi connectivity index (χ1) is 9.22. The molecule has 0 atom stereocenters. The van der Waals surface area contributed by atoms with Crippen LogP contribution in [0.2, 0.25) is 0 Å². The summed E-state index contributed by atoms with van der Waals surface area (Å²) < 4.78 is 1.99. The van der Waals surface area contributed by atoms with Gasteiger partial charge >= 0.3 is 0 Å². The number of benzene rings is 1. The van der Waals surface area contributed by atoms with Gasteiger partial charge in [-0.15, -0.1) is 0 Å². The average Bonchev–Trinajstić information content (AvgIpc) is 2.78. The van der Waals surface area contributed by atoms with Crippen LogP contribution in [-0.4, -0.2) is 19.5 Å². The van der Waals surface area contributed by atoms with Crippen LogP contribution in [0.25, 0.3) is 11.0 Å². The molecule has 6 nitrogen and oxygen atoms in total. The van der Waals surface area contributed by atoms with Crippen molar-refractivity contribution in [3.05, 3.63) is 42.6 Å². The molecule has 0 aliphatic rings. The fraction of sp³-hybridized carbons (Fsp3) is 0.154. The van der Waals surface area contributed by atoms with Gasteiger partial charge in [0.25, 0.3) is 0 Å². The lowest BCUT2D eigenvalue weighted by atomic mass is 10.2. The van der Waals surface area contributed by atoms with E-state index in [9.17, 15) is 0 Å². The largest absolute Gasteiger partial charge is 0.384 e. The van der Waals surface area contributed by atoms with Crippen LogP contribution < -0.4 is 11.1 Å². The number of nitrogen functional groups attached to an aromatic ring is 1. The summed E-state index contributed by atoms with van der Waals surface area (Å²) in [7, 11) is 1.98. The summed E-state index contributed by atoms with van der Waals surface area (Å²) in [5.74, 6) is 1.15. The lowest BCUT2D eigenvalue weighted by Crippen LogP contribution is -2.05. The van der Waals surface area contributed by atoms with E-state index < -0.39 is 0 Å². The third-order valence-electron chi connectivity index (χ3n) is 2.90. The molecule has 0 spiro atoms. The standard InChI is InChI=1S/C13H14N6/c1-19-8-17-10-6-9(2-3-11(10)19)16-7-13-15-5-4-12(14)18-13/h2-6,8,16H,7H2,1H3,(H2,14,15,18). The van der Waals surface area contributed by atoms with Crippen molar-refractivity contribution in [2.45, 2.75) is 6.54 Å². The van der Waals surface area contributed by atoms with E-state index in [0.29, 0.717) is 18.2 Å². The Labute approximate surface area is 110 Å². The highest BCUT2D eigenvalue weighted by Crippen LogP contribution is 2.17. The Balaban J connectivity index is 1.78. The van der Waals surface area contributed by atoms with Gasteiger partial charge in [-0.2, -0.15) is 0 Å². The molecular weight excluding hydrogens is 240 g/mol. The Kier molecular flexibility index (Phi) is 2.75. The molecule has 0 amide bonds. The number of nitrogens with one attached hydrogen (secondary N) is 1. The van der Waals surface area contributed by atoms with Crippen LogP contribution in [-0.2, 0) is 13.6 Å². The summed E-state index contributed by atoms with van der Waals surface area (Å²) in [6.45, 7) is 0.531. The van der Waals surface area contributed by atoms with Crippen LogP contribution in [0.4, 0.5) is 11.5 Å². The predicted octanol–water partition coefficient (Wildman–Crippen LogP) is 1.56. The predicted molar refractivity (Wildman–Crippen MR) is 74.5 cm³/mol. The number of aryl methyl sites for hydroxylation is 1. The van der Waals surface area contributed by atoms with E-state index >= 15 is 0 Å². The van der Waals surface area contributed by atoms with Gasteiger partial charge in [0, 0.05) is 18.9 Å². The van der Waals surface area contributed by atoms with Crippen LogP contribution in [0.5, 0.6) is 0 Å². The number of nitrogens with zero attached hydrogens (tertiary/aromatic N) is 4. The van der Waals surface area contributed by atoms with Gasteiger partial charge in [0.1, 0.15) is 11.6 Å². The molecule has 0 unspecified atom stereocenters. The summed E-state index contributed by atoms with van der Waals surface area (Å²) in [4.78, 5) is 12.6. The topological polar surface area (TPSA) is 81.7 Å². The summed E-state index contributed by atoms with van der Waals surface area (Å²) in [5, 5.41) is 3.26. The second kappa shape index (κ2) is 4.56. The molecule has 6 heteroatoms. The number of nitrogens with two attached hydrogens (primary N) is 1. The van der Waals surface area contributed by atoms with Gasteiger partial charge < -0.3 is 15.6 Å². The second-order valence-electron chi connectivity index (χ2n) is 4.31. The fourth-order valence-electron chi connectivity index (χ4n) is 1.93. The average molecular weight is 254 g/mol. The van der Waals surface area contributed by atoms with E-state index in [1.54, 1.807) is 18.6 Å². The maximum absolute atomic E-state index is 5.61. The third kappa shape index (κ3) is 2.33. The number of fused-ring (bicyclic) bond motifs is 1. The molecule has 0 saturated heterocycles. The molecule has 0 aliphatic heterocycles. The molecule has 2 heterocycles. The molecule has 0 radical (unpaired) electrons. The number of imidazole rings is 1. The van der Waals surface area contributed by atoms with Crippen molar-refractivity contribution >= 4 is 22.5 Å². The van der Waals surface area contributed by atoms with E-state index in [0.717, 1.165) is 16.7 Å². The van der Waals surface area contributed by atoms with Gasteiger partial charge in [-0.25, -0.2) is 15.0 Å². The monoisotopic (exact) mass is 254 g/mol. The molecule has 3 N–H and O–H groups in total. The molecule has 0 aliphatic carbocycles. The first kappa shape index (κ1) is 11.5. The molecule has 19 heavy (non-hydrogen) atoms. The Morgan fingerprint density at radius 3 is 3.00 bits per heavy atom. The minimum absolute atomic E-state index is 0.479. The van der Waals surface area contributed by atoms with Crippen molar-refractivity contribution < 1.29 is 0 Å². The van der Waals surface area contributed by atoms with Gasteiger partial charge in [0.15, 0.2) is 0 Å². The summed E-state index contributed by atoms with van der Waals surface area (Å²) >= 11 is 0. The summed E-state index contributed by atoms with van der Waals surface area (Å²) in [5.41, 5.74) is 8.66. The quantitative estimate of drug-likeness (QED) is 0.741. The minimum atomic E-state index is 0.479. The van der Waals surface area contributed by atoms with Crippen molar-refractivity contribution in [1.82, 2.24) is 19.5 Å². The molecule has 0 saturated carbocycles. The SMILES string of the molecule is Cn1cnc2cc(NCc3nccc(N)n3)ccc21. The highest BCUT2D eigenvalue weighted by molar-refractivity contribution is 5.79. The van der Waals surface area contributed by atoms with Crippen molar-refractivity contribution in [2.24, 2.45) is 7.05 Å². The normalized spacial score (nSPS) is 10.8. The fourth-order valence-corrected chi connectivity index (χ4v) is 1.93. The zero-order valence-corrected chi connectivity index (χ0v) is 10.5. The zero-order chi connectivity index (χ0) is 13.2. The first-order valence-electron chi connectivity index (χ1n) is 5.95. The number of anilines is 2. The van der Waals surface area contributed by atoms with Crippen molar-refractivity contribution in [3.8, 4) is 0 Å². The molecule has 0 bridgehead atoms. The first-order valence-corrected chi connectivity index (χ1v) is 5.95. The van der Waals surface area contributed by atoms with Crippen LogP contribution in [0, 0.1) is 0 Å². The highest BCUT2D eigenvalue weighted by Gasteiger charge is 2.02. The lowest BCUT2D eigenvalue weighted by Gasteiger charge is -2.06. The van der Waals surface area contributed by atoms with Crippen molar-refractivity contribution in [3.63, 3.8) is 0 Å². The molecule has 3 rings (SSSR count). The molecular formula is C13H14N6. The van der Waals surface area contributed by atoms with Crippen LogP contribution in [0.1, 0.15) is 5.82 Å². The number of hydrogen-bond acceptors (Lipinski definition) is 5. The molecule has 96 valence electrons. The van der Waals surface area contributed by atoms with Crippen LogP contribution >= 0.6 is 0 Å². The van der Waals surface area contributed by atoms with Gasteiger partial charge in [-0.1, -0.05) is 0 Å². The van der Waals surface area contributed by atoms with Crippen molar-refractivity contribution in [1.29, 1.82) is 0 Å². The number of aromatic nitrogens is 4. The molecule has 1 aromatic carbocycles. The van der Waals surface area contributed by atoms with Gasteiger partial charge in [-0.3, -0.25) is 0 Å². The highest BCUT2D eigenvalue weighted by atomic mass is 15.0. The number of hydrogen-bond donors (Lipinski definition) is 2. The van der Waals surface area contributed by atoms with Gasteiger partial charge in [-0.05, 0) is 24.3 Å². The summed E-state index contributed by atoms with van der Waals surface area (Å²) in [6.07, 6.45) is 3.46. The number of rotatable bonds is 3. The minimum Gasteiger partial charge on any atom is -0.384 e. The molecule has 2 aromatic heterocycles. The third-order valence-corrected chi connectivity index (χ3v) is 2.90. The maximum atomic E-state index is 5.61. The smallest absolute Gasteiger partial charge is 0.149 e. The Morgan fingerprint density at radius 1 is 1.26 bits per heavy atom. The molecule has 0 fully saturated rings. The Morgan fingerprint density at radius 2 is 2.16 bits per heavy atom. The van der Waals surface area contributed by atoms with Crippen LogP contribution in [0.3, 0.4) is 0 Å². The Bertz CT molecular complexity index is 718. The zero-order valence-electron chi connectivity index (χ0n) is 10.5.